The maximum Gasteiger partial charge on any atom is 0.289 e. The summed E-state index contributed by atoms with van der Waals surface area (Å²) < 4.78 is 11.3. The number of carbonyl (C=O) groups excluding carboxylic acids is 1. The van der Waals surface area contributed by atoms with Crippen LogP contribution in [0.4, 0.5) is 0 Å². The van der Waals surface area contributed by atoms with E-state index in [-0.39, 0.29) is 12.5 Å². The number of nitrogens with zero attached hydrogens (tertiary/aromatic N) is 1. The van der Waals surface area contributed by atoms with Gasteiger partial charge in [0.15, 0.2) is 5.76 Å². The summed E-state index contributed by atoms with van der Waals surface area (Å²) in [5.74, 6) is 2.29. The minimum atomic E-state index is -0.0783. The van der Waals surface area contributed by atoms with Crippen molar-refractivity contribution in [3.05, 3.63) is 52.4 Å². The van der Waals surface area contributed by atoms with Gasteiger partial charge >= 0.3 is 0 Å². The van der Waals surface area contributed by atoms with Crippen molar-refractivity contribution in [2.75, 3.05) is 13.6 Å². The molecule has 0 radical (unpaired) electrons. The fourth-order valence-electron chi connectivity index (χ4n) is 2.39. The van der Waals surface area contributed by atoms with Gasteiger partial charge in [0.1, 0.15) is 18.1 Å². The summed E-state index contributed by atoms with van der Waals surface area (Å²) in [5, 5.41) is 0.710. The molecule has 0 N–H and O–H groups in total. The highest BCUT2D eigenvalue weighted by Gasteiger charge is 2.26. The van der Waals surface area contributed by atoms with Crippen LogP contribution in [0.3, 0.4) is 0 Å². The molecule has 1 aromatic carbocycles. The largest absolute Gasteiger partial charge is 0.486 e. The molecule has 0 unspecified atom stereocenters. The number of carbonyl (C=O) groups is 1. The van der Waals surface area contributed by atoms with Crippen LogP contribution in [0.5, 0.6) is 5.75 Å². The molecule has 1 aliphatic carbocycles. The zero-order chi connectivity index (χ0) is 16.4. The number of halogens is 1. The second-order valence-corrected chi connectivity index (χ2v) is 6.50. The lowest BCUT2D eigenvalue weighted by atomic mass is 10.2. The van der Waals surface area contributed by atoms with Crippen LogP contribution in [0.1, 0.15) is 34.7 Å². The number of ether oxygens (including phenoxy) is 1. The summed E-state index contributed by atoms with van der Waals surface area (Å²) in [5.41, 5.74) is 0.959. The molecule has 4 nitrogen and oxygen atoms in total. The lowest BCUT2D eigenvalue weighted by Crippen LogP contribution is -2.28. The van der Waals surface area contributed by atoms with E-state index in [2.05, 4.69) is 0 Å². The average Bonchev–Trinajstić information content (AvgIpc) is 3.22. The van der Waals surface area contributed by atoms with E-state index in [9.17, 15) is 4.79 Å². The monoisotopic (exact) mass is 333 g/mol. The van der Waals surface area contributed by atoms with Gasteiger partial charge in [0.2, 0.25) is 0 Å². The molecule has 0 aliphatic heterocycles. The Morgan fingerprint density at radius 1 is 1.35 bits per heavy atom. The number of benzene rings is 1. The van der Waals surface area contributed by atoms with Crippen molar-refractivity contribution in [1.82, 2.24) is 4.90 Å². The molecule has 2 aromatic rings. The topological polar surface area (TPSA) is 42.7 Å². The van der Waals surface area contributed by atoms with E-state index in [0.29, 0.717) is 22.5 Å². The van der Waals surface area contributed by atoms with Gasteiger partial charge in [-0.15, -0.1) is 0 Å². The maximum atomic E-state index is 12.3. The summed E-state index contributed by atoms with van der Waals surface area (Å²) in [6.45, 7) is 3.00. The summed E-state index contributed by atoms with van der Waals surface area (Å²) in [4.78, 5) is 14.0. The minimum Gasteiger partial charge on any atom is -0.486 e. The van der Waals surface area contributed by atoms with Crippen molar-refractivity contribution < 1.29 is 13.9 Å². The van der Waals surface area contributed by atoms with Crippen LogP contribution in [0.25, 0.3) is 0 Å². The predicted octanol–water partition coefficient (Wildman–Crippen LogP) is 4.30. The maximum absolute atomic E-state index is 12.3. The molecule has 1 saturated carbocycles. The van der Waals surface area contributed by atoms with Gasteiger partial charge in [-0.3, -0.25) is 4.79 Å². The van der Waals surface area contributed by atoms with E-state index >= 15 is 0 Å². The third kappa shape index (κ3) is 4.08. The molecule has 1 fully saturated rings. The fraction of sp³-hybridized carbons (Fsp3) is 0.389. The third-order valence-electron chi connectivity index (χ3n) is 3.96. The molecule has 1 aromatic heterocycles. The molecular weight excluding hydrogens is 314 g/mol. The molecule has 0 spiro atoms. The van der Waals surface area contributed by atoms with E-state index < -0.39 is 0 Å². The van der Waals surface area contributed by atoms with Gasteiger partial charge in [-0.1, -0.05) is 11.6 Å². The zero-order valence-corrected chi connectivity index (χ0v) is 14.1. The van der Waals surface area contributed by atoms with E-state index in [1.54, 1.807) is 23.1 Å². The summed E-state index contributed by atoms with van der Waals surface area (Å²) in [7, 11) is 1.82. The second-order valence-electron chi connectivity index (χ2n) is 6.09. The van der Waals surface area contributed by atoms with Crippen molar-refractivity contribution in [3.63, 3.8) is 0 Å². The Balaban J connectivity index is 1.58. The normalized spacial score (nSPS) is 13.9. The molecule has 0 atom stereocenters. The molecule has 5 heteroatoms. The van der Waals surface area contributed by atoms with Gasteiger partial charge < -0.3 is 14.1 Å². The van der Waals surface area contributed by atoms with Gasteiger partial charge in [0.25, 0.3) is 5.91 Å². The van der Waals surface area contributed by atoms with Crippen LogP contribution >= 0.6 is 11.6 Å². The third-order valence-corrected chi connectivity index (χ3v) is 4.38. The van der Waals surface area contributed by atoms with Crippen molar-refractivity contribution in [3.8, 4) is 5.75 Å². The molecule has 23 heavy (non-hydrogen) atoms. The smallest absolute Gasteiger partial charge is 0.289 e. The second kappa shape index (κ2) is 6.67. The number of furan rings is 1. The average molecular weight is 334 g/mol. The van der Waals surface area contributed by atoms with Gasteiger partial charge in [-0.05, 0) is 61.6 Å². The van der Waals surface area contributed by atoms with Crippen LogP contribution in [0, 0.1) is 12.8 Å². The number of aryl methyl sites for hydroxylation is 1. The Morgan fingerprint density at radius 3 is 2.83 bits per heavy atom. The lowest BCUT2D eigenvalue weighted by Gasteiger charge is -2.14. The van der Waals surface area contributed by atoms with Crippen molar-refractivity contribution in [2.45, 2.75) is 26.4 Å². The standard InChI is InChI=1S/C18H20ClNO3/c1-12-9-14(5-7-16(12)19)22-11-15-6-8-17(23-15)18(21)20(2)10-13-3-4-13/h5-9,13H,3-4,10-11H2,1-2H3. The number of rotatable bonds is 6. The molecule has 1 amide bonds. The Hall–Kier alpha value is -1.94. The van der Waals surface area contributed by atoms with Gasteiger partial charge in [-0.2, -0.15) is 0 Å². The molecule has 1 heterocycles. The first-order valence-electron chi connectivity index (χ1n) is 7.76. The SMILES string of the molecule is Cc1cc(OCc2ccc(C(=O)N(C)CC3CC3)o2)ccc1Cl. The highest BCUT2D eigenvalue weighted by molar-refractivity contribution is 6.31. The summed E-state index contributed by atoms with van der Waals surface area (Å²) in [6.07, 6.45) is 2.44. The van der Waals surface area contributed by atoms with Gasteiger partial charge in [0.05, 0.1) is 0 Å². The Bertz CT molecular complexity index is 706. The van der Waals surface area contributed by atoms with Crippen molar-refractivity contribution >= 4 is 17.5 Å². The van der Waals surface area contributed by atoms with Crippen LogP contribution < -0.4 is 4.74 Å². The highest BCUT2D eigenvalue weighted by Crippen LogP contribution is 2.29. The Labute approximate surface area is 141 Å². The molecule has 0 bridgehead atoms. The van der Waals surface area contributed by atoms with Crippen molar-refractivity contribution in [1.29, 1.82) is 0 Å². The van der Waals surface area contributed by atoms with E-state index in [0.717, 1.165) is 17.9 Å². The first-order chi connectivity index (χ1) is 11.0. The Kier molecular flexibility index (Phi) is 4.62. The highest BCUT2D eigenvalue weighted by atomic mass is 35.5. The van der Waals surface area contributed by atoms with Crippen LogP contribution in [-0.4, -0.2) is 24.4 Å². The van der Waals surface area contributed by atoms with Gasteiger partial charge in [0, 0.05) is 18.6 Å². The van der Waals surface area contributed by atoms with Crippen LogP contribution in [0.2, 0.25) is 5.02 Å². The van der Waals surface area contributed by atoms with E-state index in [1.165, 1.54) is 12.8 Å². The van der Waals surface area contributed by atoms with E-state index in [4.69, 9.17) is 20.8 Å². The van der Waals surface area contributed by atoms with E-state index in [1.807, 2.05) is 26.1 Å². The number of hydrogen-bond donors (Lipinski definition) is 0. The molecule has 122 valence electrons. The molecule has 3 rings (SSSR count). The zero-order valence-electron chi connectivity index (χ0n) is 13.3. The summed E-state index contributed by atoms with van der Waals surface area (Å²) in [6, 6.07) is 8.98. The predicted molar refractivity (Wildman–Crippen MR) is 88.9 cm³/mol. The Morgan fingerprint density at radius 2 is 2.13 bits per heavy atom. The fourth-order valence-corrected chi connectivity index (χ4v) is 2.51. The first-order valence-corrected chi connectivity index (χ1v) is 8.14. The molecule has 0 saturated heterocycles. The van der Waals surface area contributed by atoms with Gasteiger partial charge in [-0.25, -0.2) is 0 Å². The number of hydrogen-bond acceptors (Lipinski definition) is 3. The molecule has 1 aliphatic rings. The quantitative estimate of drug-likeness (QED) is 0.791. The molecular formula is C18H20ClNO3. The van der Waals surface area contributed by atoms with Crippen LogP contribution in [0.15, 0.2) is 34.7 Å². The summed E-state index contributed by atoms with van der Waals surface area (Å²) >= 11 is 5.99. The van der Waals surface area contributed by atoms with Crippen molar-refractivity contribution in [2.24, 2.45) is 5.92 Å². The minimum absolute atomic E-state index is 0.0783. The van der Waals surface area contributed by atoms with Crippen LogP contribution in [-0.2, 0) is 6.61 Å². The lowest BCUT2D eigenvalue weighted by molar-refractivity contribution is 0.0753. The number of amides is 1. The first kappa shape index (κ1) is 15.9.